The first kappa shape index (κ1) is 16.2. The van der Waals surface area contributed by atoms with Gasteiger partial charge in [0, 0.05) is 0 Å². The second-order valence-electron chi connectivity index (χ2n) is 3.98. The molecule has 1 aromatic carbocycles. The quantitative estimate of drug-likeness (QED) is 0.254. The lowest BCUT2D eigenvalue weighted by atomic mass is 10.2. The van der Waals surface area contributed by atoms with E-state index in [0.29, 0.717) is 0 Å². The SMILES string of the molecule is CCOC(=O)/C(=N\OCc1ccc(C)cc1)C(=O)CCl. The highest BCUT2D eigenvalue weighted by molar-refractivity contribution is 6.67. The first-order valence-corrected chi connectivity index (χ1v) is 6.63. The van der Waals surface area contributed by atoms with E-state index < -0.39 is 17.5 Å². The minimum Gasteiger partial charge on any atom is -0.461 e. The van der Waals surface area contributed by atoms with Crippen LogP contribution in [0.3, 0.4) is 0 Å². The predicted octanol–water partition coefficient (Wildman–Crippen LogP) is 2.24. The van der Waals surface area contributed by atoms with Gasteiger partial charge in [0.05, 0.1) is 12.5 Å². The van der Waals surface area contributed by atoms with Crippen LogP contribution < -0.4 is 0 Å². The number of esters is 1. The van der Waals surface area contributed by atoms with Crippen molar-refractivity contribution < 1.29 is 19.2 Å². The van der Waals surface area contributed by atoms with Gasteiger partial charge in [-0.15, -0.1) is 11.6 Å². The van der Waals surface area contributed by atoms with Gasteiger partial charge in [0.15, 0.2) is 0 Å². The molecule has 0 spiro atoms. The molecule has 5 nitrogen and oxygen atoms in total. The maximum Gasteiger partial charge on any atom is 0.364 e. The van der Waals surface area contributed by atoms with Gasteiger partial charge in [0.1, 0.15) is 6.61 Å². The number of hydrogen-bond donors (Lipinski definition) is 0. The summed E-state index contributed by atoms with van der Waals surface area (Å²) in [5.41, 5.74) is 1.58. The van der Waals surface area contributed by atoms with E-state index in [1.807, 2.05) is 31.2 Å². The van der Waals surface area contributed by atoms with E-state index in [1.165, 1.54) is 0 Å². The van der Waals surface area contributed by atoms with Crippen LogP contribution in [0.1, 0.15) is 18.1 Å². The van der Waals surface area contributed by atoms with Crippen molar-refractivity contribution in [3.8, 4) is 0 Å². The molecule has 0 amide bonds. The number of hydrogen-bond acceptors (Lipinski definition) is 5. The summed E-state index contributed by atoms with van der Waals surface area (Å²) in [7, 11) is 0. The number of alkyl halides is 1. The van der Waals surface area contributed by atoms with E-state index in [4.69, 9.17) is 21.2 Å². The molecular weight excluding hydrogens is 282 g/mol. The van der Waals surface area contributed by atoms with Gasteiger partial charge in [0.25, 0.3) is 0 Å². The van der Waals surface area contributed by atoms with Crippen molar-refractivity contribution >= 4 is 29.1 Å². The standard InChI is InChI=1S/C14H16ClNO4/c1-3-19-14(18)13(12(17)8-15)16-20-9-11-6-4-10(2)5-7-11/h4-7H,3,8-9H2,1-2H3/b16-13-. The molecule has 0 saturated carbocycles. The van der Waals surface area contributed by atoms with E-state index >= 15 is 0 Å². The van der Waals surface area contributed by atoms with Gasteiger partial charge in [-0.25, -0.2) is 4.79 Å². The number of ether oxygens (including phenoxy) is 1. The molecule has 0 aromatic heterocycles. The van der Waals surface area contributed by atoms with Gasteiger partial charge in [-0.3, -0.25) is 4.79 Å². The molecule has 1 rings (SSSR count). The van der Waals surface area contributed by atoms with E-state index in [1.54, 1.807) is 6.92 Å². The highest BCUT2D eigenvalue weighted by Gasteiger charge is 2.21. The van der Waals surface area contributed by atoms with Crippen LogP contribution in [0.25, 0.3) is 0 Å². The maximum atomic E-state index is 11.5. The van der Waals surface area contributed by atoms with E-state index in [9.17, 15) is 9.59 Å². The number of nitrogens with zero attached hydrogens (tertiary/aromatic N) is 1. The topological polar surface area (TPSA) is 65.0 Å². The Balaban J connectivity index is 2.69. The fourth-order valence-electron chi connectivity index (χ4n) is 1.32. The van der Waals surface area contributed by atoms with Crippen molar-refractivity contribution in [1.82, 2.24) is 0 Å². The normalized spacial score (nSPS) is 11.1. The molecule has 0 N–H and O–H groups in total. The number of carbonyl (C=O) groups excluding carboxylic acids is 2. The second kappa shape index (κ2) is 8.32. The second-order valence-corrected chi connectivity index (χ2v) is 4.24. The molecule has 0 aliphatic carbocycles. The van der Waals surface area contributed by atoms with Gasteiger partial charge in [-0.1, -0.05) is 35.0 Å². The number of Topliss-reactive ketones (excluding diaryl/α,β-unsaturated/α-hetero) is 1. The number of benzene rings is 1. The Morgan fingerprint density at radius 3 is 2.45 bits per heavy atom. The van der Waals surface area contributed by atoms with Crippen molar-refractivity contribution in [3.05, 3.63) is 35.4 Å². The molecular formula is C14H16ClNO4. The number of carbonyl (C=O) groups is 2. The van der Waals surface area contributed by atoms with Crippen LogP contribution in [0.15, 0.2) is 29.4 Å². The largest absolute Gasteiger partial charge is 0.461 e. The Bertz CT molecular complexity index is 496. The Hall–Kier alpha value is -1.88. The highest BCUT2D eigenvalue weighted by atomic mass is 35.5. The third-order valence-electron chi connectivity index (χ3n) is 2.36. The molecule has 1 aromatic rings. The Kier molecular flexibility index (Phi) is 6.73. The molecule has 0 radical (unpaired) electrons. The minimum atomic E-state index is -0.831. The number of oxime groups is 1. The summed E-state index contributed by atoms with van der Waals surface area (Å²) in [6, 6.07) is 7.60. The number of rotatable bonds is 7. The Morgan fingerprint density at radius 1 is 1.25 bits per heavy atom. The highest BCUT2D eigenvalue weighted by Crippen LogP contribution is 2.05. The average molecular weight is 298 g/mol. The van der Waals surface area contributed by atoms with Gasteiger partial charge >= 0.3 is 5.97 Å². The molecule has 0 aliphatic heterocycles. The van der Waals surface area contributed by atoms with Crippen LogP contribution in [-0.2, 0) is 25.8 Å². The lowest BCUT2D eigenvalue weighted by Crippen LogP contribution is -2.27. The number of aryl methyl sites for hydroxylation is 1. The van der Waals surface area contributed by atoms with Crippen LogP contribution in [0.5, 0.6) is 0 Å². The fraction of sp³-hybridized carbons (Fsp3) is 0.357. The summed E-state index contributed by atoms with van der Waals surface area (Å²) in [4.78, 5) is 28.0. The summed E-state index contributed by atoms with van der Waals surface area (Å²) in [5.74, 6) is -1.82. The van der Waals surface area contributed by atoms with Crippen molar-refractivity contribution in [2.24, 2.45) is 5.16 Å². The van der Waals surface area contributed by atoms with E-state index in [2.05, 4.69) is 5.16 Å². The smallest absolute Gasteiger partial charge is 0.364 e. The third kappa shape index (κ3) is 5.01. The number of halogens is 1. The van der Waals surface area contributed by atoms with Crippen molar-refractivity contribution in [2.45, 2.75) is 20.5 Å². The zero-order chi connectivity index (χ0) is 15.0. The van der Waals surface area contributed by atoms with Crippen LogP contribution in [0.2, 0.25) is 0 Å². The van der Waals surface area contributed by atoms with Crippen LogP contribution in [-0.4, -0.2) is 30.0 Å². The van der Waals surface area contributed by atoms with E-state index in [-0.39, 0.29) is 19.1 Å². The van der Waals surface area contributed by atoms with Crippen molar-refractivity contribution in [2.75, 3.05) is 12.5 Å². The lowest BCUT2D eigenvalue weighted by Gasteiger charge is -2.04. The monoisotopic (exact) mass is 297 g/mol. The van der Waals surface area contributed by atoms with Gasteiger partial charge in [-0.05, 0) is 19.4 Å². The van der Waals surface area contributed by atoms with Crippen LogP contribution in [0, 0.1) is 6.92 Å². The third-order valence-corrected chi connectivity index (χ3v) is 2.60. The number of ketones is 1. The first-order valence-electron chi connectivity index (χ1n) is 6.10. The van der Waals surface area contributed by atoms with Gasteiger partial charge in [-0.2, -0.15) is 0 Å². The van der Waals surface area contributed by atoms with Crippen molar-refractivity contribution in [3.63, 3.8) is 0 Å². The molecule has 6 heteroatoms. The predicted molar refractivity (Wildman–Crippen MR) is 75.8 cm³/mol. The molecule has 0 fully saturated rings. The molecule has 0 bridgehead atoms. The molecule has 0 unspecified atom stereocenters. The summed E-state index contributed by atoms with van der Waals surface area (Å²) >= 11 is 5.41. The lowest BCUT2D eigenvalue weighted by molar-refractivity contribution is -0.136. The zero-order valence-electron chi connectivity index (χ0n) is 11.4. The minimum absolute atomic E-state index is 0.144. The maximum absolute atomic E-state index is 11.5. The fourth-order valence-corrected chi connectivity index (χ4v) is 1.45. The van der Waals surface area contributed by atoms with Crippen LogP contribution >= 0.6 is 11.6 Å². The van der Waals surface area contributed by atoms with Gasteiger partial charge in [0.2, 0.25) is 11.5 Å². The van der Waals surface area contributed by atoms with Gasteiger partial charge < -0.3 is 9.57 Å². The first-order chi connectivity index (χ1) is 9.58. The summed E-state index contributed by atoms with van der Waals surface area (Å²) in [5, 5.41) is 3.54. The molecule has 0 saturated heterocycles. The summed E-state index contributed by atoms with van der Waals surface area (Å²) < 4.78 is 4.72. The van der Waals surface area contributed by atoms with E-state index in [0.717, 1.165) is 11.1 Å². The molecule has 0 heterocycles. The zero-order valence-corrected chi connectivity index (χ0v) is 12.1. The Morgan fingerprint density at radius 2 is 1.90 bits per heavy atom. The molecule has 108 valence electrons. The van der Waals surface area contributed by atoms with Crippen LogP contribution in [0.4, 0.5) is 0 Å². The Labute approximate surface area is 122 Å². The summed E-state index contributed by atoms with van der Waals surface area (Å²) in [6.07, 6.45) is 0. The molecule has 20 heavy (non-hydrogen) atoms. The molecule has 0 atom stereocenters. The summed E-state index contributed by atoms with van der Waals surface area (Å²) in [6.45, 7) is 3.90. The average Bonchev–Trinajstić information content (AvgIpc) is 2.45. The molecule has 0 aliphatic rings. The van der Waals surface area contributed by atoms with Crippen molar-refractivity contribution in [1.29, 1.82) is 0 Å².